The SMILES string of the molecule is CC(C)(CO)n1cc(F)c(CCN)n1. The molecule has 14 heavy (non-hydrogen) atoms. The van der Waals surface area contributed by atoms with Gasteiger partial charge >= 0.3 is 0 Å². The van der Waals surface area contributed by atoms with Gasteiger partial charge in [0, 0.05) is 6.42 Å². The Morgan fingerprint density at radius 1 is 1.64 bits per heavy atom. The van der Waals surface area contributed by atoms with Crippen LogP contribution in [0.25, 0.3) is 0 Å². The van der Waals surface area contributed by atoms with E-state index in [1.807, 2.05) is 0 Å². The van der Waals surface area contributed by atoms with Crippen molar-refractivity contribution in [3.05, 3.63) is 17.7 Å². The van der Waals surface area contributed by atoms with E-state index in [2.05, 4.69) is 5.10 Å². The fraction of sp³-hybridized carbons (Fsp3) is 0.667. The predicted molar refractivity (Wildman–Crippen MR) is 51.4 cm³/mol. The third-order valence-electron chi connectivity index (χ3n) is 2.13. The van der Waals surface area contributed by atoms with Crippen molar-refractivity contribution in [3.8, 4) is 0 Å². The monoisotopic (exact) mass is 201 g/mol. The molecule has 0 amide bonds. The molecule has 1 heterocycles. The summed E-state index contributed by atoms with van der Waals surface area (Å²) in [4.78, 5) is 0. The fourth-order valence-corrected chi connectivity index (χ4v) is 1.08. The first-order valence-corrected chi connectivity index (χ1v) is 4.56. The molecule has 0 aromatic carbocycles. The minimum absolute atomic E-state index is 0.0871. The Morgan fingerprint density at radius 2 is 2.29 bits per heavy atom. The number of halogens is 1. The Kier molecular flexibility index (Phi) is 3.23. The van der Waals surface area contributed by atoms with Crippen LogP contribution < -0.4 is 5.73 Å². The van der Waals surface area contributed by atoms with Gasteiger partial charge in [-0.3, -0.25) is 4.68 Å². The number of aliphatic hydroxyl groups excluding tert-OH is 1. The molecule has 1 rings (SSSR count). The molecule has 0 unspecified atom stereocenters. The van der Waals surface area contributed by atoms with E-state index in [1.54, 1.807) is 13.8 Å². The zero-order valence-electron chi connectivity index (χ0n) is 8.50. The maximum atomic E-state index is 13.2. The van der Waals surface area contributed by atoms with Crippen LogP contribution in [0.15, 0.2) is 6.20 Å². The largest absolute Gasteiger partial charge is 0.394 e. The first-order chi connectivity index (χ1) is 6.51. The summed E-state index contributed by atoms with van der Waals surface area (Å²) in [6, 6.07) is 0. The molecule has 0 aliphatic heterocycles. The molecule has 0 aliphatic carbocycles. The van der Waals surface area contributed by atoms with E-state index < -0.39 is 5.54 Å². The number of aliphatic hydroxyl groups is 1. The van der Waals surface area contributed by atoms with Crippen molar-refractivity contribution in [3.63, 3.8) is 0 Å². The van der Waals surface area contributed by atoms with Gasteiger partial charge in [0.15, 0.2) is 5.82 Å². The van der Waals surface area contributed by atoms with Crippen LogP contribution in [0, 0.1) is 5.82 Å². The van der Waals surface area contributed by atoms with Crippen molar-refractivity contribution in [1.29, 1.82) is 0 Å². The third kappa shape index (κ3) is 2.10. The highest BCUT2D eigenvalue weighted by atomic mass is 19.1. The summed E-state index contributed by atoms with van der Waals surface area (Å²) in [6.07, 6.45) is 1.71. The number of aromatic nitrogens is 2. The van der Waals surface area contributed by atoms with Crippen molar-refractivity contribution in [2.24, 2.45) is 5.73 Å². The first kappa shape index (κ1) is 11.1. The van der Waals surface area contributed by atoms with Crippen molar-refractivity contribution < 1.29 is 9.50 Å². The van der Waals surface area contributed by atoms with Crippen LogP contribution in [0.4, 0.5) is 4.39 Å². The lowest BCUT2D eigenvalue weighted by molar-refractivity contribution is 0.151. The molecule has 0 fully saturated rings. The number of hydrogen-bond acceptors (Lipinski definition) is 3. The van der Waals surface area contributed by atoms with E-state index >= 15 is 0 Å². The molecular formula is C9H16FN3O. The summed E-state index contributed by atoms with van der Waals surface area (Å²) in [5, 5.41) is 13.1. The molecule has 80 valence electrons. The lowest BCUT2D eigenvalue weighted by Crippen LogP contribution is -2.31. The number of hydrogen-bond donors (Lipinski definition) is 2. The topological polar surface area (TPSA) is 64.1 Å². The molecule has 0 bridgehead atoms. The van der Waals surface area contributed by atoms with Crippen molar-refractivity contribution in [2.45, 2.75) is 25.8 Å². The minimum Gasteiger partial charge on any atom is -0.394 e. The Balaban J connectivity index is 2.96. The summed E-state index contributed by atoms with van der Waals surface area (Å²) in [7, 11) is 0. The third-order valence-corrected chi connectivity index (χ3v) is 2.13. The van der Waals surface area contributed by atoms with Crippen molar-refractivity contribution in [2.75, 3.05) is 13.2 Å². The van der Waals surface area contributed by atoms with E-state index in [4.69, 9.17) is 10.8 Å². The van der Waals surface area contributed by atoms with Gasteiger partial charge in [0.05, 0.1) is 24.0 Å². The van der Waals surface area contributed by atoms with Crippen LogP contribution in [-0.2, 0) is 12.0 Å². The Labute approximate surface area is 82.5 Å². The van der Waals surface area contributed by atoms with Gasteiger partial charge in [0.2, 0.25) is 0 Å². The van der Waals surface area contributed by atoms with Crippen LogP contribution in [0.2, 0.25) is 0 Å². The van der Waals surface area contributed by atoms with Gasteiger partial charge in [-0.25, -0.2) is 4.39 Å². The summed E-state index contributed by atoms with van der Waals surface area (Å²) >= 11 is 0. The first-order valence-electron chi connectivity index (χ1n) is 4.56. The molecule has 5 heteroatoms. The van der Waals surface area contributed by atoms with E-state index in [-0.39, 0.29) is 12.4 Å². The van der Waals surface area contributed by atoms with Crippen LogP contribution in [0.1, 0.15) is 19.5 Å². The van der Waals surface area contributed by atoms with Gasteiger partial charge < -0.3 is 10.8 Å². The van der Waals surface area contributed by atoms with Gasteiger partial charge in [0.1, 0.15) is 0 Å². The highest BCUT2D eigenvalue weighted by Crippen LogP contribution is 2.15. The van der Waals surface area contributed by atoms with E-state index in [0.717, 1.165) is 0 Å². The summed E-state index contributed by atoms with van der Waals surface area (Å²) < 4.78 is 14.7. The van der Waals surface area contributed by atoms with Gasteiger partial charge in [-0.15, -0.1) is 0 Å². The van der Waals surface area contributed by atoms with Crippen LogP contribution >= 0.6 is 0 Å². The van der Waals surface area contributed by atoms with Gasteiger partial charge in [-0.05, 0) is 20.4 Å². The number of rotatable bonds is 4. The molecule has 0 atom stereocenters. The number of nitrogens with two attached hydrogens (primary N) is 1. The minimum atomic E-state index is -0.576. The van der Waals surface area contributed by atoms with Crippen molar-refractivity contribution in [1.82, 2.24) is 9.78 Å². The molecule has 1 aromatic heterocycles. The Bertz CT molecular complexity index is 309. The van der Waals surface area contributed by atoms with Crippen LogP contribution in [-0.4, -0.2) is 28.0 Å². The Morgan fingerprint density at radius 3 is 2.79 bits per heavy atom. The van der Waals surface area contributed by atoms with E-state index in [0.29, 0.717) is 18.7 Å². The standard InChI is InChI=1S/C9H16FN3O/c1-9(2,6-14)13-5-7(10)8(12-13)3-4-11/h5,14H,3-4,6,11H2,1-2H3. The maximum Gasteiger partial charge on any atom is 0.164 e. The second-order valence-corrected chi connectivity index (χ2v) is 3.88. The summed E-state index contributed by atoms with van der Waals surface area (Å²) in [6.45, 7) is 3.85. The predicted octanol–water partition coefficient (Wildman–Crippen LogP) is 0.251. The lowest BCUT2D eigenvalue weighted by Gasteiger charge is -2.21. The summed E-state index contributed by atoms with van der Waals surface area (Å²) in [5.74, 6) is -0.364. The fourth-order valence-electron chi connectivity index (χ4n) is 1.08. The zero-order chi connectivity index (χ0) is 10.8. The quantitative estimate of drug-likeness (QED) is 0.734. The smallest absolute Gasteiger partial charge is 0.164 e. The van der Waals surface area contributed by atoms with E-state index in [9.17, 15) is 4.39 Å². The maximum absolute atomic E-state index is 13.2. The second kappa shape index (κ2) is 4.06. The lowest BCUT2D eigenvalue weighted by atomic mass is 10.1. The van der Waals surface area contributed by atoms with E-state index in [1.165, 1.54) is 10.9 Å². The molecule has 0 spiro atoms. The highest BCUT2D eigenvalue weighted by Gasteiger charge is 2.22. The van der Waals surface area contributed by atoms with Gasteiger partial charge in [-0.2, -0.15) is 5.10 Å². The molecule has 1 aromatic rings. The molecule has 0 saturated carbocycles. The highest BCUT2D eigenvalue weighted by molar-refractivity contribution is 5.05. The molecule has 0 aliphatic rings. The molecule has 0 radical (unpaired) electrons. The van der Waals surface area contributed by atoms with Crippen LogP contribution in [0.5, 0.6) is 0 Å². The second-order valence-electron chi connectivity index (χ2n) is 3.88. The van der Waals surface area contributed by atoms with Crippen LogP contribution in [0.3, 0.4) is 0 Å². The molecule has 3 N–H and O–H groups in total. The number of nitrogens with zero attached hydrogens (tertiary/aromatic N) is 2. The van der Waals surface area contributed by atoms with Gasteiger partial charge in [-0.1, -0.05) is 0 Å². The summed E-state index contributed by atoms with van der Waals surface area (Å²) in [5.41, 5.74) is 5.09. The van der Waals surface area contributed by atoms with Crippen molar-refractivity contribution >= 4 is 0 Å². The zero-order valence-corrected chi connectivity index (χ0v) is 8.50. The average molecular weight is 201 g/mol. The molecular weight excluding hydrogens is 185 g/mol. The average Bonchev–Trinajstić information content (AvgIpc) is 2.49. The molecule has 4 nitrogen and oxygen atoms in total. The van der Waals surface area contributed by atoms with Gasteiger partial charge in [0.25, 0.3) is 0 Å². The Hall–Kier alpha value is -0.940. The molecule has 0 saturated heterocycles. The normalized spacial score (nSPS) is 12.1.